The van der Waals surface area contributed by atoms with Crippen LogP contribution in [0.1, 0.15) is 58.3 Å². The van der Waals surface area contributed by atoms with Crippen molar-refractivity contribution in [3.05, 3.63) is 0 Å². The fourth-order valence-electron chi connectivity index (χ4n) is 3.02. The molecule has 2 N–H and O–H groups in total. The molecule has 15 heavy (non-hydrogen) atoms. The number of nitrogens with one attached hydrogen (secondary N) is 2. The highest BCUT2D eigenvalue weighted by atomic mass is 15.0. The molecule has 0 aromatic rings. The summed E-state index contributed by atoms with van der Waals surface area (Å²) < 4.78 is 0. The summed E-state index contributed by atoms with van der Waals surface area (Å²) in [5.41, 5.74) is 0. The van der Waals surface area contributed by atoms with Crippen LogP contribution in [0.4, 0.5) is 0 Å². The average Bonchev–Trinajstić information content (AvgIpc) is 2.50. The second-order valence-electron chi connectivity index (χ2n) is 5.35. The van der Waals surface area contributed by atoms with Crippen LogP contribution < -0.4 is 10.6 Å². The third-order valence-electron chi connectivity index (χ3n) is 4.07. The summed E-state index contributed by atoms with van der Waals surface area (Å²) in [6.07, 6.45) is 11.3. The summed E-state index contributed by atoms with van der Waals surface area (Å²) in [7, 11) is 0. The van der Waals surface area contributed by atoms with Gasteiger partial charge in [0.05, 0.1) is 0 Å². The Hall–Kier alpha value is -0.0800. The van der Waals surface area contributed by atoms with Gasteiger partial charge in [-0.15, -0.1) is 0 Å². The first-order chi connectivity index (χ1) is 7.36. The van der Waals surface area contributed by atoms with Crippen LogP contribution in [0.2, 0.25) is 0 Å². The summed E-state index contributed by atoms with van der Waals surface area (Å²) >= 11 is 0. The Kier molecular flexibility index (Phi) is 4.45. The van der Waals surface area contributed by atoms with E-state index in [4.69, 9.17) is 0 Å². The van der Waals surface area contributed by atoms with Gasteiger partial charge in [-0.3, -0.25) is 0 Å². The van der Waals surface area contributed by atoms with E-state index in [-0.39, 0.29) is 0 Å². The van der Waals surface area contributed by atoms with E-state index in [0.29, 0.717) is 6.04 Å². The molecule has 0 spiro atoms. The van der Waals surface area contributed by atoms with Crippen molar-refractivity contribution >= 4 is 0 Å². The third-order valence-corrected chi connectivity index (χ3v) is 4.07. The van der Waals surface area contributed by atoms with Gasteiger partial charge in [-0.25, -0.2) is 0 Å². The largest absolute Gasteiger partial charge is 0.313 e. The van der Waals surface area contributed by atoms with Gasteiger partial charge < -0.3 is 10.6 Å². The fraction of sp³-hybridized carbons (Fsp3) is 1.00. The Morgan fingerprint density at radius 1 is 0.933 bits per heavy atom. The lowest BCUT2D eigenvalue weighted by Crippen LogP contribution is -2.53. The van der Waals surface area contributed by atoms with E-state index in [2.05, 4.69) is 17.6 Å². The number of piperidine rings is 1. The quantitative estimate of drug-likeness (QED) is 0.684. The van der Waals surface area contributed by atoms with Crippen LogP contribution in [0.15, 0.2) is 0 Å². The molecular weight excluding hydrogens is 184 g/mol. The van der Waals surface area contributed by atoms with Crippen molar-refractivity contribution in [3.8, 4) is 0 Å². The standard InChI is InChI=1S/C13H26N2/c1-11-13(9-6-10-14-11)15-12-7-4-2-3-5-8-12/h11-15H,2-10H2,1H3. The molecule has 1 heterocycles. The zero-order valence-corrected chi connectivity index (χ0v) is 10.1. The summed E-state index contributed by atoms with van der Waals surface area (Å²) in [5, 5.41) is 7.46. The molecule has 1 saturated carbocycles. The van der Waals surface area contributed by atoms with Crippen molar-refractivity contribution < 1.29 is 0 Å². The molecule has 2 heteroatoms. The zero-order chi connectivity index (χ0) is 10.5. The lowest BCUT2D eigenvalue weighted by atomic mass is 9.97. The van der Waals surface area contributed by atoms with Crippen LogP contribution in [0.5, 0.6) is 0 Å². The van der Waals surface area contributed by atoms with E-state index < -0.39 is 0 Å². The van der Waals surface area contributed by atoms with Crippen molar-refractivity contribution in [1.82, 2.24) is 10.6 Å². The first kappa shape index (κ1) is 11.4. The molecule has 2 fully saturated rings. The van der Waals surface area contributed by atoms with Gasteiger partial charge in [0.15, 0.2) is 0 Å². The van der Waals surface area contributed by atoms with Gasteiger partial charge in [-0.2, -0.15) is 0 Å². The molecule has 2 atom stereocenters. The maximum Gasteiger partial charge on any atom is 0.0221 e. The van der Waals surface area contributed by atoms with Gasteiger partial charge in [0.25, 0.3) is 0 Å². The Labute approximate surface area is 94.2 Å². The molecule has 1 aliphatic heterocycles. The first-order valence-electron chi connectivity index (χ1n) is 6.86. The maximum atomic E-state index is 3.89. The van der Waals surface area contributed by atoms with Crippen LogP contribution in [-0.2, 0) is 0 Å². The number of hydrogen-bond donors (Lipinski definition) is 2. The Morgan fingerprint density at radius 3 is 2.33 bits per heavy atom. The highest BCUT2D eigenvalue weighted by Crippen LogP contribution is 2.19. The minimum atomic E-state index is 0.669. The van der Waals surface area contributed by atoms with Crippen molar-refractivity contribution in [2.75, 3.05) is 6.54 Å². The van der Waals surface area contributed by atoms with Crippen LogP contribution in [0, 0.1) is 0 Å². The topological polar surface area (TPSA) is 24.1 Å². The molecule has 0 aromatic carbocycles. The molecule has 2 rings (SSSR count). The predicted octanol–water partition coefficient (Wildman–Crippen LogP) is 2.44. The Balaban J connectivity index is 1.78. The molecule has 2 unspecified atom stereocenters. The third kappa shape index (κ3) is 3.46. The van der Waals surface area contributed by atoms with E-state index >= 15 is 0 Å². The van der Waals surface area contributed by atoms with Crippen LogP contribution in [0.3, 0.4) is 0 Å². The zero-order valence-electron chi connectivity index (χ0n) is 10.1. The lowest BCUT2D eigenvalue weighted by Gasteiger charge is -2.34. The molecule has 88 valence electrons. The average molecular weight is 210 g/mol. The van der Waals surface area contributed by atoms with E-state index in [1.165, 1.54) is 57.9 Å². The molecular formula is C13H26N2. The van der Waals surface area contributed by atoms with E-state index in [1.54, 1.807) is 0 Å². The molecule has 0 radical (unpaired) electrons. The second-order valence-corrected chi connectivity index (χ2v) is 5.35. The fourth-order valence-corrected chi connectivity index (χ4v) is 3.02. The van der Waals surface area contributed by atoms with Gasteiger partial charge in [0, 0.05) is 18.1 Å². The van der Waals surface area contributed by atoms with Gasteiger partial charge in [0.2, 0.25) is 0 Å². The number of hydrogen-bond acceptors (Lipinski definition) is 2. The normalized spacial score (nSPS) is 35.0. The molecule has 0 aromatic heterocycles. The molecule has 0 bridgehead atoms. The van der Waals surface area contributed by atoms with Gasteiger partial charge in [-0.1, -0.05) is 25.7 Å². The van der Waals surface area contributed by atoms with Crippen molar-refractivity contribution in [3.63, 3.8) is 0 Å². The predicted molar refractivity (Wildman–Crippen MR) is 65.1 cm³/mol. The molecule has 1 aliphatic carbocycles. The number of rotatable bonds is 2. The van der Waals surface area contributed by atoms with E-state index in [9.17, 15) is 0 Å². The van der Waals surface area contributed by atoms with Crippen molar-refractivity contribution in [2.45, 2.75) is 76.4 Å². The second kappa shape index (κ2) is 5.86. The van der Waals surface area contributed by atoms with Crippen LogP contribution in [0.25, 0.3) is 0 Å². The molecule has 2 nitrogen and oxygen atoms in total. The summed E-state index contributed by atoms with van der Waals surface area (Å²) in [5.74, 6) is 0. The lowest BCUT2D eigenvalue weighted by molar-refractivity contribution is 0.280. The van der Waals surface area contributed by atoms with E-state index in [0.717, 1.165) is 12.1 Å². The molecule has 2 aliphatic rings. The SMILES string of the molecule is CC1NCCCC1NC1CCCCCC1. The van der Waals surface area contributed by atoms with Gasteiger partial charge in [0.1, 0.15) is 0 Å². The van der Waals surface area contributed by atoms with Gasteiger partial charge in [-0.05, 0) is 39.2 Å². The first-order valence-corrected chi connectivity index (χ1v) is 6.86. The monoisotopic (exact) mass is 210 g/mol. The van der Waals surface area contributed by atoms with Crippen LogP contribution >= 0.6 is 0 Å². The maximum absolute atomic E-state index is 3.89. The van der Waals surface area contributed by atoms with Gasteiger partial charge >= 0.3 is 0 Å². The summed E-state index contributed by atoms with van der Waals surface area (Å²) in [6.45, 7) is 3.54. The summed E-state index contributed by atoms with van der Waals surface area (Å²) in [4.78, 5) is 0. The van der Waals surface area contributed by atoms with Crippen molar-refractivity contribution in [2.24, 2.45) is 0 Å². The van der Waals surface area contributed by atoms with Crippen molar-refractivity contribution in [1.29, 1.82) is 0 Å². The Bertz CT molecular complexity index is 173. The highest BCUT2D eigenvalue weighted by molar-refractivity contribution is 4.86. The summed E-state index contributed by atoms with van der Waals surface area (Å²) in [6, 6.07) is 2.20. The highest BCUT2D eigenvalue weighted by Gasteiger charge is 2.23. The minimum Gasteiger partial charge on any atom is -0.313 e. The van der Waals surface area contributed by atoms with E-state index in [1.807, 2.05) is 0 Å². The smallest absolute Gasteiger partial charge is 0.0221 e. The minimum absolute atomic E-state index is 0.669. The van der Waals surface area contributed by atoms with Crippen LogP contribution in [-0.4, -0.2) is 24.7 Å². The molecule has 1 saturated heterocycles. The Morgan fingerprint density at radius 2 is 1.67 bits per heavy atom. The molecule has 0 amide bonds.